The first-order valence-electron chi connectivity index (χ1n) is 7.22. The highest BCUT2D eigenvalue weighted by atomic mass is 35.5. The molecule has 0 radical (unpaired) electrons. The molecule has 0 saturated heterocycles. The van der Waals surface area contributed by atoms with Crippen molar-refractivity contribution in [1.29, 1.82) is 0 Å². The number of ether oxygens (including phenoxy) is 1. The Kier molecular flexibility index (Phi) is 4.40. The molecule has 0 fully saturated rings. The van der Waals surface area contributed by atoms with Gasteiger partial charge in [0.15, 0.2) is 0 Å². The largest absolute Gasteiger partial charge is 0.494 e. The molecule has 0 N–H and O–H groups in total. The molecular formula is C19H16ClNO. The van der Waals surface area contributed by atoms with E-state index in [4.69, 9.17) is 16.3 Å². The first kappa shape index (κ1) is 14.6. The van der Waals surface area contributed by atoms with Gasteiger partial charge in [-0.05, 0) is 42.8 Å². The molecule has 0 amide bonds. The van der Waals surface area contributed by atoms with Gasteiger partial charge < -0.3 is 4.74 Å². The molecule has 3 aromatic rings. The molecule has 1 aromatic heterocycles. The van der Waals surface area contributed by atoms with Gasteiger partial charge in [-0.3, -0.25) is 0 Å². The standard InChI is InChI=1S/C19H16ClNO/c1-2-22-16-10-11-19-17(13-16)18(20)12-15(21-19)9-8-14-6-4-3-5-7-14/h3-13H,2H2,1H3. The minimum Gasteiger partial charge on any atom is -0.494 e. The summed E-state index contributed by atoms with van der Waals surface area (Å²) in [5, 5.41) is 1.59. The lowest BCUT2D eigenvalue weighted by Crippen LogP contribution is -1.92. The maximum atomic E-state index is 6.39. The van der Waals surface area contributed by atoms with Gasteiger partial charge in [-0.15, -0.1) is 0 Å². The number of nitrogens with zero attached hydrogens (tertiary/aromatic N) is 1. The Morgan fingerprint density at radius 1 is 1.05 bits per heavy atom. The van der Waals surface area contributed by atoms with Crippen molar-refractivity contribution in [1.82, 2.24) is 4.98 Å². The van der Waals surface area contributed by atoms with Crippen LogP contribution >= 0.6 is 11.6 Å². The summed E-state index contributed by atoms with van der Waals surface area (Å²) in [4.78, 5) is 4.63. The summed E-state index contributed by atoms with van der Waals surface area (Å²) in [6.45, 7) is 2.59. The van der Waals surface area contributed by atoms with E-state index in [1.807, 2.05) is 73.7 Å². The van der Waals surface area contributed by atoms with Crippen molar-refractivity contribution >= 4 is 34.7 Å². The van der Waals surface area contributed by atoms with Crippen LogP contribution in [0, 0.1) is 0 Å². The molecule has 3 heteroatoms. The van der Waals surface area contributed by atoms with Gasteiger partial charge in [-0.2, -0.15) is 0 Å². The average molecular weight is 310 g/mol. The molecule has 3 rings (SSSR count). The van der Waals surface area contributed by atoms with E-state index < -0.39 is 0 Å². The lowest BCUT2D eigenvalue weighted by Gasteiger charge is -2.06. The number of hydrogen-bond donors (Lipinski definition) is 0. The Morgan fingerprint density at radius 2 is 1.86 bits per heavy atom. The minimum absolute atomic E-state index is 0.633. The normalized spacial score (nSPS) is 11.2. The summed E-state index contributed by atoms with van der Waals surface area (Å²) in [6, 6.07) is 17.8. The molecule has 0 aliphatic rings. The molecule has 2 nitrogen and oxygen atoms in total. The first-order chi connectivity index (χ1) is 10.8. The summed E-state index contributed by atoms with van der Waals surface area (Å²) in [5.74, 6) is 0.811. The van der Waals surface area contributed by atoms with Crippen molar-refractivity contribution in [3.8, 4) is 5.75 Å². The number of fused-ring (bicyclic) bond motifs is 1. The molecule has 1 heterocycles. The zero-order valence-corrected chi connectivity index (χ0v) is 13.0. The van der Waals surface area contributed by atoms with E-state index in [9.17, 15) is 0 Å². The average Bonchev–Trinajstić information content (AvgIpc) is 2.55. The fraction of sp³-hybridized carbons (Fsp3) is 0.105. The van der Waals surface area contributed by atoms with Crippen LogP contribution in [-0.4, -0.2) is 11.6 Å². The van der Waals surface area contributed by atoms with E-state index in [0.717, 1.165) is 27.9 Å². The molecule has 0 saturated carbocycles. The Bertz CT molecular complexity index is 812. The highest BCUT2D eigenvalue weighted by Gasteiger charge is 2.04. The molecule has 110 valence electrons. The summed E-state index contributed by atoms with van der Waals surface area (Å²) < 4.78 is 5.50. The predicted molar refractivity (Wildman–Crippen MR) is 93.3 cm³/mol. The summed E-state index contributed by atoms with van der Waals surface area (Å²) in [5.41, 5.74) is 2.83. The lowest BCUT2D eigenvalue weighted by molar-refractivity contribution is 0.340. The number of pyridine rings is 1. The molecule has 0 aliphatic heterocycles. The summed E-state index contributed by atoms with van der Waals surface area (Å²) in [6.07, 6.45) is 4.00. The van der Waals surface area contributed by atoms with Crippen LogP contribution in [-0.2, 0) is 0 Å². The van der Waals surface area contributed by atoms with Gasteiger partial charge in [0.05, 0.1) is 22.8 Å². The fourth-order valence-corrected chi connectivity index (χ4v) is 2.53. The van der Waals surface area contributed by atoms with Gasteiger partial charge in [0.1, 0.15) is 5.75 Å². The van der Waals surface area contributed by atoms with Gasteiger partial charge in [-0.1, -0.05) is 48.0 Å². The highest BCUT2D eigenvalue weighted by Crippen LogP contribution is 2.27. The molecule has 0 atom stereocenters. The molecule has 0 bridgehead atoms. The van der Waals surface area contributed by atoms with Gasteiger partial charge in [0.2, 0.25) is 0 Å². The van der Waals surface area contributed by atoms with Crippen LogP contribution in [0.15, 0.2) is 54.6 Å². The van der Waals surface area contributed by atoms with E-state index >= 15 is 0 Å². The number of hydrogen-bond acceptors (Lipinski definition) is 2. The third kappa shape index (κ3) is 3.29. The second kappa shape index (κ2) is 6.63. The van der Waals surface area contributed by atoms with E-state index in [-0.39, 0.29) is 0 Å². The third-order valence-corrected chi connectivity index (χ3v) is 3.62. The molecule has 2 aromatic carbocycles. The number of halogens is 1. The quantitative estimate of drug-likeness (QED) is 0.638. The van der Waals surface area contributed by atoms with Gasteiger partial charge in [-0.25, -0.2) is 4.98 Å². The second-order valence-electron chi connectivity index (χ2n) is 4.88. The van der Waals surface area contributed by atoms with E-state index in [1.54, 1.807) is 0 Å². The van der Waals surface area contributed by atoms with Crippen LogP contribution in [0.4, 0.5) is 0 Å². The van der Waals surface area contributed by atoms with Crippen molar-refractivity contribution in [2.45, 2.75) is 6.92 Å². The smallest absolute Gasteiger partial charge is 0.120 e. The zero-order valence-electron chi connectivity index (χ0n) is 12.3. The molecular weight excluding hydrogens is 294 g/mol. The van der Waals surface area contributed by atoms with E-state index in [0.29, 0.717) is 11.6 Å². The van der Waals surface area contributed by atoms with Gasteiger partial charge in [0, 0.05) is 5.39 Å². The van der Waals surface area contributed by atoms with Crippen molar-refractivity contribution < 1.29 is 4.74 Å². The molecule has 22 heavy (non-hydrogen) atoms. The van der Waals surface area contributed by atoms with Gasteiger partial charge in [0.25, 0.3) is 0 Å². The Labute approximate surface area is 135 Å². The highest BCUT2D eigenvalue weighted by molar-refractivity contribution is 6.35. The Balaban J connectivity index is 1.95. The lowest BCUT2D eigenvalue weighted by atomic mass is 10.1. The van der Waals surface area contributed by atoms with Crippen LogP contribution in [0.5, 0.6) is 5.75 Å². The van der Waals surface area contributed by atoms with Crippen LogP contribution < -0.4 is 4.74 Å². The van der Waals surface area contributed by atoms with E-state index in [1.165, 1.54) is 0 Å². The number of benzene rings is 2. The minimum atomic E-state index is 0.633. The van der Waals surface area contributed by atoms with Crippen molar-refractivity contribution in [3.63, 3.8) is 0 Å². The van der Waals surface area contributed by atoms with Crippen LogP contribution in [0.3, 0.4) is 0 Å². The Hall–Kier alpha value is -2.32. The molecule has 0 aliphatic carbocycles. The summed E-state index contributed by atoms with van der Waals surface area (Å²) in [7, 11) is 0. The maximum absolute atomic E-state index is 6.39. The number of aromatic nitrogens is 1. The van der Waals surface area contributed by atoms with Crippen molar-refractivity contribution in [3.05, 3.63) is 70.9 Å². The first-order valence-corrected chi connectivity index (χ1v) is 7.60. The number of rotatable bonds is 4. The fourth-order valence-electron chi connectivity index (χ4n) is 2.27. The van der Waals surface area contributed by atoms with Crippen molar-refractivity contribution in [2.24, 2.45) is 0 Å². The van der Waals surface area contributed by atoms with Crippen LogP contribution in [0.2, 0.25) is 5.02 Å². The Morgan fingerprint density at radius 3 is 2.64 bits per heavy atom. The summed E-state index contributed by atoms with van der Waals surface area (Å²) >= 11 is 6.39. The zero-order chi connectivity index (χ0) is 15.4. The topological polar surface area (TPSA) is 22.1 Å². The predicted octanol–water partition coefficient (Wildman–Crippen LogP) is 5.46. The maximum Gasteiger partial charge on any atom is 0.120 e. The third-order valence-electron chi connectivity index (χ3n) is 3.31. The molecule has 0 unspecified atom stereocenters. The monoisotopic (exact) mass is 309 g/mol. The molecule has 0 spiro atoms. The van der Waals surface area contributed by atoms with Crippen LogP contribution in [0.1, 0.15) is 18.2 Å². The SMILES string of the molecule is CCOc1ccc2nc(C=Cc3ccccc3)cc(Cl)c2c1. The van der Waals surface area contributed by atoms with Crippen molar-refractivity contribution in [2.75, 3.05) is 6.61 Å². The van der Waals surface area contributed by atoms with Gasteiger partial charge >= 0.3 is 0 Å². The second-order valence-corrected chi connectivity index (χ2v) is 5.29. The van der Waals surface area contributed by atoms with E-state index in [2.05, 4.69) is 4.98 Å². The van der Waals surface area contributed by atoms with Crippen LogP contribution in [0.25, 0.3) is 23.1 Å².